The standard InChI is InChI=1S/C15H21F3N2O.ClH/c1-4-14(5-2,9-19)13(21)20-12-8-11(15(16,17)18)7-6-10(12)3;/h6-8H,4-5,9,19H2,1-3H3,(H,20,21);1H. The van der Waals surface area contributed by atoms with Gasteiger partial charge in [0.1, 0.15) is 0 Å². The van der Waals surface area contributed by atoms with Crippen molar-refractivity contribution < 1.29 is 18.0 Å². The number of hydrogen-bond acceptors (Lipinski definition) is 2. The summed E-state index contributed by atoms with van der Waals surface area (Å²) in [5, 5.41) is 2.60. The average molecular weight is 339 g/mol. The molecule has 0 saturated heterocycles. The molecule has 0 atom stereocenters. The van der Waals surface area contributed by atoms with Crippen molar-refractivity contribution in [3.05, 3.63) is 29.3 Å². The van der Waals surface area contributed by atoms with E-state index >= 15 is 0 Å². The summed E-state index contributed by atoms with van der Waals surface area (Å²) in [5.41, 5.74) is 4.90. The van der Waals surface area contributed by atoms with E-state index in [0.29, 0.717) is 18.4 Å². The molecule has 3 nitrogen and oxygen atoms in total. The van der Waals surface area contributed by atoms with E-state index in [0.717, 1.165) is 12.1 Å². The molecule has 1 aromatic carbocycles. The molecule has 7 heteroatoms. The van der Waals surface area contributed by atoms with Crippen LogP contribution in [0.5, 0.6) is 0 Å². The Balaban J connectivity index is 0.00000441. The predicted molar refractivity (Wildman–Crippen MR) is 84.1 cm³/mol. The summed E-state index contributed by atoms with van der Waals surface area (Å²) in [4.78, 5) is 12.4. The van der Waals surface area contributed by atoms with Gasteiger partial charge in [-0.3, -0.25) is 4.79 Å². The number of aryl methyl sites for hydroxylation is 1. The lowest BCUT2D eigenvalue weighted by molar-refractivity contribution is -0.137. The molecule has 0 fully saturated rings. The van der Waals surface area contributed by atoms with E-state index in [1.165, 1.54) is 6.07 Å². The summed E-state index contributed by atoms with van der Waals surface area (Å²) in [6.45, 7) is 5.49. The van der Waals surface area contributed by atoms with Crippen LogP contribution in [0.4, 0.5) is 18.9 Å². The second kappa shape index (κ2) is 7.83. The number of benzene rings is 1. The van der Waals surface area contributed by atoms with Crippen LogP contribution in [0.15, 0.2) is 18.2 Å². The predicted octanol–water partition coefficient (Wildman–Crippen LogP) is 4.14. The van der Waals surface area contributed by atoms with Crippen LogP contribution in [0.25, 0.3) is 0 Å². The smallest absolute Gasteiger partial charge is 0.329 e. The van der Waals surface area contributed by atoms with Gasteiger partial charge in [-0.15, -0.1) is 12.4 Å². The van der Waals surface area contributed by atoms with Crippen molar-refractivity contribution in [1.82, 2.24) is 0 Å². The zero-order valence-corrected chi connectivity index (χ0v) is 13.7. The summed E-state index contributed by atoms with van der Waals surface area (Å²) < 4.78 is 38.2. The second-order valence-electron chi connectivity index (χ2n) is 5.17. The van der Waals surface area contributed by atoms with Crippen LogP contribution in [-0.2, 0) is 11.0 Å². The molecule has 3 N–H and O–H groups in total. The van der Waals surface area contributed by atoms with Crippen LogP contribution in [0.3, 0.4) is 0 Å². The van der Waals surface area contributed by atoms with Gasteiger partial charge in [-0.05, 0) is 37.5 Å². The fraction of sp³-hybridized carbons (Fsp3) is 0.533. The highest BCUT2D eigenvalue weighted by atomic mass is 35.5. The maximum Gasteiger partial charge on any atom is 0.416 e. The first-order valence-corrected chi connectivity index (χ1v) is 6.89. The van der Waals surface area contributed by atoms with Crippen LogP contribution in [0.1, 0.15) is 37.8 Å². The number of nitrogens with one attached hydrogen (secondary N) is 1. The van der Waals surface area contributed by atoms with Gasteiger partial charge >= 0.3 is 6.18 Å². The van der Waals surface area contributed by atoms with E-state index in [1.54, 1.807) is 6.92 Å². The highest BCUT2D eigenvalue weighted by molar-refractivity contribution is 5.96. The highest BCUT2D eigenvalue weighted by Gasteiger charge is 2.35. The van der Waals surface area contributed by atoms with E-state index in [2.05, 4.69) is 5.32 Å². The van der Waals surface area contributed by atoms with E-state index in [1.807, 2.05) is 13.8 Å². The number of anilines is 1. The molecule has 1 amide bonds. The molecular formula is C15H22ClF3N2O. The molecule has 1 aromatic rings. The minimum Gasteiger partial charge on any atom is -0.329 e. The van der Waals surface area contributed by atoms with Crippen molar-refractivity contribution in [1.29, 1.82) is 0 Å². The molecular weight excluding hydrogens is 317 g/mol. The maximum absolute atomic E-state index is 12.7. The number of carbonyl (C=O) groups excluding carboxylic acids is 1. The number of alkyl halides is 3. The van der Waals surface area contributed by atoms with Gasteiger partial charge in [0.2, 0.25) is 5.91 Å². The van der Waals surface area contributed by atoms with Gasteiger partial charge in [-0.2, -0.15) is 13.2 Å². The van der Waals surface area contributed by atoms with Crippen molar-refractivity contribution in [2.45, 2.75) is 39.8 Å². The van der Waals surface area contributed by atoms with Crippen LogP contribution in [-0.4, -0.2) is 12.5 Å². The number of rotatable bonds is 5. The van der Waals surface area contributed by atoms with Gasteiger partial charge in [-0.1, -0.05) is 19.9 Å². The van der Waals surface area contributed by atoms with Crippen molar-refractivity contribution in [2.24, 2.45) is 11.1 Å². The molecule has 0 aliphatic heterocycles. The first-order valence-electron chi connectivity index (χ1n) is 6.89. The summed E-state index contributed by atoms with van der Waals surface area (Å²) >= 11 is 0. The normalized spacial score (nSPS) is 11.8. The fourth-order valence-electron chi connectivity index (χ4n) is 2.14. The van der Waals surface area contributed by atoms with Crippen LogP contribution < -0.4 is 11.1 Å². The van der Waals surface area contributed by atoms with Crippen molar-refractivity contribution in [2.75, 3.05) is 11.9 Å². The quantitative estimate of drug-likeness (QED) is 0.847. The van der Waals surface area contributed by atoms with Crippen LogP contribution in [0.2, 0.25) is 0 Å². The van der Waals surface area contributed by atoms with Gasteiger partial charge in [0.05, 0.1) is 11.0 Å². The Morgan fingerprint density at radius 3 is 2.18 bits per heavy atom. The molecule has 0 heterocycles. The molecule has 1 rings (SSSR count). The molecule has 0 aliphatic carbocycles. The number of nitrogens with two attached hydrogens (primary N) is 1. The Bertz CT molecular complexity index is 506. The monoisotopic (exact) mass is 338 g/mol. The third kappa shape index (κ3) is 4.36. The molecule has 126 valence electrons. The van der Waals surface area contributed by atoms with Gasteiger partial charge in [0.15, 0.2) is 0 Å². The first kappa shape index (κ1) is 20.7. The number of hydrogen-bond donors (Lipinski definition) is 2. The zero-order valence-electron chi connectivity index (χ0n) is 12.9. The Labute approximate surface area is 134 Å². The molecule has 0 spiro atoms. The molecule has 0 radical (unpaired) electrons. The average Bonchev–Trinajstić information content (AvgIpc) is 2.42. The second-order valence-corrected chi connectivity index (χ2v) is 5.17. The highest BCUT2D eigenvalue weighted by Crippen LogP contribution is 2.33. The summed E-state index contributed by atoms with van der Waals surface area (Å²) in [6, 6.07) is 3.31. The Morgan fingerprint density at radius 1 is 1.23 bits per heavy atom. The van der Waals surface area contributed by atoms with Crippen LogP contribution in [0, 0.1) is 12.3 Å². The lowest BCUT2D eigenvalue weighted by Crippen LogP contribution is -2.41. The largest absolute Gasteiger partial charge is 0.416 e. The van der Waals surface area contributed by atoms with Crippen molar-refractivity contribution in [3.63, 3.8) is 0 Å². The maximum atomic E-state index is 12.7. The third-order valence-corrected chi connectivity index (χ3v) is 4.04. The minimum atomic E-state index is -4.44. The molecule has 0 bridgehead atoms. The Kier molecular flexibility index (Phi) is 7.38. The third-order valence-electron chi connectivity index (χ3n) is 4.04. The summed E-state index contributed by atoms with van der Waals surface area (Å²) in [5.74, 6) is -0.336. The van der Waals surface area contributed by atoms with E-state index < -0.39 is 17.2 Å². The summed E-state index contributed by atoms with van der Waals surface area (Å²) in [7, 11) is 0. The summed E-state index contributed by atoms with van der Waals surface area (Å²) in [6.07, 6.45) is -3.37. The van der Waals surface area contributed by atoms with Crippen LogP contribution >= 0.6 is 12.4 Å². The Hall–Kier alpha value is -1.27. The minimum absolute atomic E-state index is 0. The molecule has 0 unspecified atom stereocenters. The molecule has 0 aliphatic rings. The molecule has 0 aromatic heterocycles. The van der Waals surface area contributed by atoms with Crippen molar-refractivity contribution in [3.8, 4) is 0 Å². The fourth-order valence-corrected chi connectivity index (χ4v) is 2.14. The lowest BCUT2D eigenvalue weighted by Gasteiger charge is -2.29. The SMILES string of the molecule is CCC(CC)(CN)C(=O)Nc1cc(C(F)(F)F)ccc1C.Cl. The van der Waals surface area contributed by atoms with Gasteiger partial charge in [0.25, 0.3) is 0 Å². The topological polar surface area (TPSA) is 55.1 Å². The van der Waals surface area contributed by atoms with Gasteiger partial charge in [0, 0.05) is 12.2 Å². The molecule has 0 saturated carbocycles. The zero-order chi connectivity index (χ0) is 16.3. The number of amides is 1. The first-order chi connectivity index (χ1) is 9.70. The van der Waals surface area contributed by atoms with E-state index in [9.17, 15) is 18.0 Å². The lowest BCUT2D eigenvalue weighted by atomic mass is 9.81. The Morgan fingerprint density at radius 2 is 1.77 bits per heavy atom. The van der Waals surface area contributed by atoms with Crippen molar-refractivity contribution >= 4 is 24.0 Å². The van der Waals surface area contributed by atoms with Gasteiger partial charge < -0.3 is 11.1 Å². The number of halogens is 4. The number of carbonyl (C=O) groups is 1. The molecule has 22 heavy (non-hydrogen) atoms. The van der Waals surface area contributed by atoms with E-state index in [4.69, 9.17) is 5.73 Å². The van der Waals surface area contributed by atoms with Gasteiger partial charge in [-0.25, -0.2) is 0 Å². The van der Waals surface area contributed by atoms with E-state index in [-0.39, 0.29) is 30.5 Å².